The van der Waals surface area contributed by atoms with Crippen LogP contribution in [0.3, 0.4) is 0 Å². The van der Waals surface area contributed by atoms with Crippen molar-refractivity contribution >= 4 is 23.7 Å². The Hall–Kier alpha value is -2.64. The molecule has 1 heterocycles. The van der Waals surface area contributed by atoms with Crippen molar-refractivity contribution in [3.8, 4) is 0 Å². The third kappa shape index (κ3) is 5.45. The van der Waals surface area contributed by atoms with Gasteiger partial charge < -0.3 is 15.7 Å². The van der Waals surface area contributed by atoms with Crippen LogP contribution in [-0.2, 0) is 9.59 Å². The Morgan fingerprint density at radius 2 is 1.94 bits per heavy atom. The van der Waals surface area contributed by atoms with E-state index in [0.29, 0.717) is 5.82 Å². The molecule has 0 aliphatic rings. The Kier molecular flexibility index (Phi) is 5.10. The van der Waals surface area contributed by atoms with Crippen LogP contribution in [0.4, 0.5) is 10.6 Å². The van der Waals surface area contributed by atoms with Crippen molar-refractivity contribution < 1.29 is 19.5 Å². The zero-order chi connectivity index (χ0) is 13.4. The molecule has 1 aromatic rings. The van der Waals surface area contributed by atoms with Crippen LogP contribution in [0.15, 0.2) is 24.4 Å². The molecule has 8 nitrogen and oxygen atoms in total. The topological polar surface area (TPSA) is 120 Å². The molecule has 1 aromatic heterocycles. The van der Waals surface area contributed by atoms with E-state index in [4.69, 9.17) is 5.11 Å². The van der Waals surface area contributed by atoms with Crippen molar-refractivity contribution in [1.82, 2.24) is 15.6 Å². The molecule has 0 aliphatic carbocycles. The Labute approximate surface area is 102 Å². The molecule has 0 spiro atoms. The fourth-order valence-corrected chi connectivity index (χ4v) is 0.994. The molecule has 18 heavy (non-hydrogen) atoms. The fraction of sp³-hybridized carbons (Fsp3) is 0.200. The Bertz CT molecular complexity index is 435. The van der Waals surface area contributed by atoms with E-state index >= 15 is 0 Å². The van der Waals surface area contributed by atoms with E-state index in [0.717, 1.165) is 0 Å². The van der Waals surface area contributed by atoms with Gasteiger partial charge in [-0.1, -0.05) is 6.07 Å². The molecule has 0 aromatic carbocycles. The summed E-state index contributed by atoms with van der Waals surface area (Å²) >= 11 is 0. The molecule has 0 saturated carbocycles. The van der Waals surface area contributed by atoms with E-state index in [9.17, 15) is 14.4 Å². The number of aliphatic carboxylic acids is 1. The number of nitrogens with zero attached hydrogens (tertiary/aromatic N) is 1. The molecule has 8 heteroatoms. The maximum Gasteiger partial charge on any atom is 0.322 e. The minimum absolute atomic E-state index is 0.314. The summed E-state index contributed by atoms with van der Waals surface area (Å²) < 4.78 is 0. The van der Waals surface area contributed by atoms with Gasteiger partial charge in [0.1, 0.15) is 12.4 Å². The minimum Gasteiger partial charge on any atom is -0.480 e. The van der Waals surface area contributed by atoms with Gasteiger partial charge in [0.15, 0.2) is 0 Å². The summed E-state index contributed by atoms with van der Waals surface area (Å²) in [5, 5.41) is 15.1. The molecule has 0 unspecified atom stereocenters. The normalized spacial score (nSPS) is 9.33. The molecular formula is C10H12N4O4. The molecule has 0 saturated heterocycles. The Morgan fingerprint density at radius 1 is 1.17 bits per heavy atom. The van der Waals surface area contributed by atoms with Crippen molar-refractivity contribution in [3.63, 3.8) is 0 Å². The monoisotopic (exact) mass is 252 g/mol. The number of anilines is 1. The van der Waals surface area contributed by atoms with Crippen LogP contribution in [0.5, 0.6) is 0 Å². The minimum atomic E-state index is -1.15. The average Bonchev–Trinajstić information content (AvgIpc) is 2.35. The number of hydrogen-bond donors (Lipinski definition) is 4. The maximum absolute atomic E-state index is 11.3. The van der Waals surface area contributed by atoms with Crippen LogP contribution in [0, 0.1) is 0 Å². The number of amides is 3. The highest BCUT2D eigenvalue weighted by molar-refractivity contribution is 5.92. The van der Waals surface area contributed by atoms with Crippen molar-refractivity contribution in [1.29, 1.82) is 0 Å². The smallest absolute Gasteiger partial charge is 0.322 e. The highest BCUT2D eigenvalue weighted by atomic mass is 16.4. The number of aromatic nitrogens is 1. The molecule has 4 N–H and O–H groups in total. The van der Waals surface area contributed by atoms with Crippen molar-refractivity contribution in [2.75, 3.05) is 18.4 Å². The summed E-state index contributed by atoms with van der Waals surface area (Å²) in [7, 11) is 0. The molecule has 3 amide bonds. The van der Waals surface area contributed by atoms with E-state index in [1.807, 2.05) is 0 Å². The molecule has 0 aliphatic heterocycles. The van der Waals surface area contributed by atoms with E-state index in [1.165, 1.54) is 6.20 Å². The van der Waals surface area contributed by atoms with Gasteiger partial charge in [0, 0.05) is 6.20 Å². The number of carboxylic acid groups (broad SMARTS) is 1. The molecule has 0 bridgehead atoms. The van der Waals surface area contributed by atoms with Crippen LogP contribution in [-0.4, -0.2) is 41.1 Å². The quantitative estimate of drug-likeness (QED) is 0.558. The molecular weight excluding hydrogens is 240 g/mol. The van der Waals surface area contributed by atoms with Crippen molar-refractivity contribution in [2.45, 2.75) is 0 Å². The fourth-order valence-electron chi connectivity index (χ4n) is 0.994. The van der Waals surface area contributed by atoms with E-state index < -0.39 is 24.5 Å². The van der Waals surface area contributed by atoms with E-state index in [2.05, 4.69) is 20.9 Å². The number of hydrogen-bond acceptors (Lipinski definition) is 4. The SMILES string of the molecule is O=C(O)CNC(=O)CNC(=O)Nc1ccccn1. The lowest BCUT2D eigenvalue weighted by molar-refractivity contribution is -0.137. The van der Waals surface area contributed by atoms with Crippen LogP contribution < -0.4 is 16.0 Å². The third-order valence-corrected chi connectivity index (χ3v) is 1.75. The second kappa shape index (κ2) is 6.84. The van der Waals surface area contributed by atoms with Crippen LogP contribution >= 0.6 is 0 Å². The number of carbonyl (C=O) groups is 3. The molecule has 0 radical (unpaired) electrons. The lowest BCUT2D eigenvalue weighted by Gasteiger charge is -2.06. The van der Waals surface area contributed by atoms with Crippen molar-refractivity contribution in [3.05, 3.63) is 24.4 Å². The van der Waals surface area contributed by atoms with Gasteiger partial charge in [-0.25, -0.2) is 9.78 Å². The number of carbonyl (C=O) groups excluding carboxylic acids is 2. The van der Waals surface area contributed by atoms with Gasteiger partial charge in [0.25, 0.3) is 0 Å². The first kappa shape index (κ1) is 13.4. The Morgan fingerprint density at radius 3 is 2.56 bits per heavy atom. The zero-order valence-electron chi connectivity index (χ0n) is 9.34. The van der Waals surface area contributed by atoms with Gasteiger partial charge in [-0.2, -0.15) is 0 Å². The largest absolute Gasteiger partial charge is 0.480 e. The first-order chi connectivity index (χ1) is 8.58. The van der Waals surface area contributed by atoms with Crippen LogP contribution in [0.2, 0.25) is 0 Å². The predicted molar refractivity (Wildman–Crippen MR) is 61.9 cm³/mol. The van der Waals surface area contributed by atoms with Gasteiger partial charge in [-0.05, 0) is 12.1 Å². The van der Waals surface area contributed by atoms with Crippen molar-refractivity contribution in [2.24, 2.45) is 0 Å². The summed E-state index contributed by atoms with van der Waals surface area (Å²) in [5.41, 5.74) is 0. The third-order valence-electron chi connectivity index (χ3n) is 1.75. The Balaban J connectivity index is 2.25. The number of carboxylic acids is 1. The first-order valence-electron chi connectivity index (χ1n) is 5.02. The van der Waals surface area contributed by atoms with Gasteiger partial charge in [0.05, 0.1) is 6.54 Å². The number of nitrogens with one attached hydrogen (secondary N) is 3. The lowest BCUT2D eigenvalue weighted by Crippen LogP contribution is -2.40. The molecule has 1 rings (SSSR count). The second-order valence-corrected chi connectivity index (χ2v) is 3.19. The van der Waals surface area contributed by atoms with Gasteiger partial charge in [-0.3, -0.25) is 14.9 Å². The average molecular weight is 252 g/mol. The summed E-state index contributed by atoms with van der Waals surface area (Å²) in [4.78, 5) is 36.4. The molecule has 0 fully saturated rings. The summed E-state index contributed by atoms with van der Waals surface area (Å²) in [5.74, 6) is -1.39. The lowest BCUT2D eigenvalue weighted by atomic mass is 10.5. The highest BCUT2D eigenvalue weighted by Gasteiger charge is 2.06. The summed E-state index contributed by atoms with van der Waals surface area (Å²) in [6.45, 7) is -0.797. The second-order valence-electron chi connectivity index (χ2n) is 3.19. The highest BCUT2D eigenvalue weighted by Crippen LogP contribution is 1.98. The number of pyridine rings is 1. The molecule has 96 valence electrons. The summed E-state index contributed by atoms with van der Waals surface area (Å²) in [6.07, 6.45) is 1.51. The van der Waals surface area contributed by atoms with Crippen LogP contribution in [0.25, 0.3) is 0 Å². The zero-order valence-corrected chi connectivity index (χ0v) is 9.34. The number of rotatable bonds is 5. The van der Waals surface area contributed by atoms with Gasteiger partial charge >= 0.3 is 12.0 Å². The molecule has 0 atom stereocenters. The number of urea groups is 1. The standard InChI is InChI=1S/C10H12N4O4/c15-8(12-6-9(16)17)5-13-10(18)14-7-3-1-2-4-11-7/h1-4H,5-6H2,(H,12,15)(H,16,17)(H2,11,13,14,18). The van der Waals surface area contributed by atoms with Gasteiger partial charge in [0.2, 0.25) is 5.91 Å². The van der Waals surface area contributed by atoms with E-state index in [-0.39, 0.29) is 6.54 Å². The summed E-state index contributed by atoms with van der Waals surface area (Å²) in [6, 6.07) is 4.38. The van der Waals surface area contributed by atoms with Crippen LogP contribution in [0.1, 0.15) is 0 Å². The predicted octanol–water partition coefficient (Wildman–Crippen LogP) is -0.596. The van der Waals surface area contributed by atoms with Gasteiger partial charge in [-0.15, -0.1) is 0 Å². The van der Waals surface area contributed by atoms with E-state index in [1.54, 1.807) is 18.2 Å². The first-order valence-corrected chi connectivity index (χ1v) is 5.02. The maximum atomic E-state index is 11.3.